The molecular formula is C31H23ClN4O4S. The van der Waals surface area contributed by atoms with E-state index in [1.54, 1.807) is 5.01 Å². The van der Waals surface area contributed by atoms with Crippen LogP contribution in [0.25, 0.3) is 10.8 Å². The summed E-state index contributed by atoms with van der Waals surface area (Å²) in [6.45, 7) is 0. The average Bonchev–Trinajstić information content (AvgIpc) is 3.57. The van der Waals surface area contributed by atoms with Crippen LogP contribution in [0.2, 0.25) is 5.02 Å². The smallest absolute Gasteiger partial charge is 0.335 e. The molecule has 2 unspecified atom stereocenters. The summed E-state index contributed by atoms with van der Waals surface area (Å²) >= 11 is 7.37. The van der Waals surface area contributed by atoms with Crippen LogP contribution < -0.4 is 5.32 Å². The number of hydrogen-bond donors (Lipinski definition) is 2. The molecule has 2 aliphatic heterocycles. The molecule has 0 aromatic heterocycles. The summed E-state index contributed by atoms with van der Waals surface area (Å²) in [5.74, 6) is -1.82. The van der Waals surface area contributed by atoms with Crippen LogP contribution in [-0.4, -0.2) is 44.0 Å². The Balaban J connectivity index is 1.22. The molecular weight excluding hydrogens is 560 g/mol. The van der Waals surface area contributed by atoms with Gasteiger partial charge in [0.2, 0.25) is 5.91 Å². The number of thioether (sulfide) groups is 1. The fraction of sp³-hybridized carbons (Fsp3) is 0.129. The number of carbonyl (C=O) groups excluding carboxylic acids is 2. The number of rotatable bonds is 6. The number of nitrogens with one attached hydrogen (secondary N) is 1. The van der Waals surface area contributed by atoms with Crippen molar-refractivity contribution in [2.24, 2.45) is 10.1 Å². The fourth-order valence-electron chi connectivity index (χ4n) is 4.86. The summed E-state index contributed by atoms with van der Waals surface area (Å²) < 4.78 is 0. The Labute approximate surface area is 244 Å². The lowest BCUT2D eigenvalue weighted by Crippen LogP contribution is -2.25. The highest BCUT2D eigenvalue weighted by Crippen LogP contribution is 2.39. The first-order chi connectivity index (χ1) is 19.8. The normalized spacial score (nSPS) is 18.4. The molecule has 6 rings (SSSR count). The zero-order chi connectivity index (χ0) is 28.5. The molecule has 0 spiro atoms. The number of hydrazone groups is 1. The van der Waals surface area contributed by atoms with Crippen molar-refractivity contribution in [2.45, 2.75) is 24.1 Å². The molecule has 41 heavy (non-hydrogen) atoms. The van der Waals surface area contributed by atoms with E-state index >= 15 is 0 Å². The minimum absolute atomic E-state index is 0.0854. The van der Waals surface area contributed by atoms with Crippen LogP contribution in [0.1, 0.15) is 40.4 Å². The number of aromatic carboxylic acids is 1. The van der Waals surface area contributed by atoms with Crippen LogP contribution in [-0.2, 0) is 9.59 Å². The quantitative estimate of drug-likeness (QED) is 0.273. The molecule has 10 heteroatoms. The van der Waals surface area contributed by atoms with Gasteiger partial charge >= 0.3 is 5.97 Å². The molecule has 2 atom stereocenters. The van der Waals surface area contributed by atoms with E-state index in [0.717, 1.165) is 27.6 Å². The zero-order valence-electron chi connectivity index (χ0n) is 21.5. The third kappa shape index (κ3) is 5.73. The Morgan fingerprint density at radius 2 is 1.71 bits per heavy atom. The molecule has 8 nitrogen and oxygen atoms in total. The van der Waals surface area contributed by atoms with Gasteiger partial charge in [-0.05, 0) is 64.4 Å². The first-order valence-corrected chi connectivity index (χ1v) is 14.1. The third-order valence-electron chi connectivity index (χ3n) is 6.96. The SMILES string of the molecule is O=C(CC1SC(N2N=C(c3ccc4ccccc4c3)CC2c2ccc(Cl)cc2)=NC1=O)Nc1ccc(C(=O)O)cc1. The van der Waals surface area contributed by atoms with Crippen molar-refractivity contribution < 1.29 is 19.5 Å². The van der Waals surface area contributed by atoms with E-state index in [1.807, 2.05) is 36.4 Å². The van der Waals surface area contributed by atoms with Gasteiger partial charge in [0, 0.05) is 23.6 Å². The highest BCUT2D eigenvalue weighted by atomic mass is 35.5. The van der Waals surface area contributed by atoms with Gasteiger partial charge < -0.3 is 10.4 Å². The maximum Gasteiger partial charge on any atom is 0.335 e. The van der Waals surface area contributed by atoms with Crippen molar-refractivity contribution in [1.29, 1.82) is 0 Å². The number of hydrogen-bond acceptors (Lipinski definition) is 6. The lowest BCUT2D eigenvalue weighted by Gasteiger charge is -2.23. The lowest BCUT2D eigenvalue weighted by molar-refractivity contribution is -0.121. The Morgan fingerprint density at radius 1 is 0.976 bits per heavy atom. The van der Waals surface area contributed by atoms with Crippen LogP contribution in [0.4, 0.5) is 5.69 Å². The van der Waals surface area contributed by atoms with Gasteiger partial charge in [-0.25, -0.2) is 9.80 Å². The fourth-order valence-corrected chi connectivity index (χ4v) is 6.04. The van der Waals surface area contributed by atoms with Gasteiger partial charge in [-0.15, -0.1) is 0 Å². The third-order valence-corrected chi connectivity index (χ3v) is 8.35. The number of carbonyl (C=O) groups is 3. The maximum atomic E-state index is 12.9. The summed E-state index contributed by atoms with van der Waals surface area (Å²) in [6.07, 6.45) is 0.517. The lowest BCUT2D eigenvalue weighted by atomic mass is 9.97. The first kappa shape index (κ1) is 26.7. The van der Waals surface area contributed by atoms with Gasteiger partial charge in [-0.2, -0.15) is 10.1 Å². The second-order valence-corrected chi connectivity index (χ2v) is 11.3. The highest BCUT2D eigenvalue weighted by Gasteiger charge is 2.39. The number of nitrogens with zero attached hydrogens (tertiary/aromatic N) is 3. The monoisotopic (exact) mass is 582 g/mol. The standard InChI is InChI=1S/C31H23ClN4O4S/c32-23-11-7-19(8-12-23)26-16-25(22-6-5-18-3-1-2-4-21(18)15-22)35-36(26)31-34-29(38)27(41-31)17-28(37)33-24-13-9-20(10-14-24)30(39)40/h1-15,26-27H,16-17H2,(H,33,37)(H,39,40). The van der Waals surface area contributed by atoms with Crippen molar-refractivity contribution in [2.75, 3.05) is 5.32 Å². The van der Waals surface area contributed by atoms with Crippen molar-refractivity contribution >= 4 is 68.5 Å². The molecule has 0 saturated heterocycles. The van der Waals surface area contributed by atoms with E-state index in [2.05, 4.69) is 40.6 Å². The number of carboxylic acid groups (broad SMARTS) is 1. The molecule has 2 amide bonds. The molecule has 0 aliphatic carbocycles. The number of benzene rings is 4. The van der Waals surface area contributed by atoms with E-state index in [1.165, 1.54) is 36.0 Å². The van der Waals surface area contributed by atoms with Crippen LogP contribution in [0.3, 0.4) is 0 Å². The number of amidine groups is 1. The highest BCUT2D eigenvalue weighted by molar-refractivity contribution is 8.15. The molecule has 2 N–H and O–H groups in total. The molecule has 0 radical (unpaired) electrons. The van der Waals surface area contributed by atoms with E-state index in [-0.39, 0.29) is 23.9 Å². The van der Waals surface area contributed by atoms with Crippen molar-refractivity contribution in [3.05, 3.63) is 113 Å². The summed E-state index contributed by atoms with van der Waals surface area (Å²) in [5, 5.41) is 21.1. The van der Waals surface area contributed by atoms with Crippen molar-refractivity contribution in [3.8, 4) is 0 Å². The first-order valence-electron chi connectivity index (χ1n) is 12.9. The molecule has 0 bridgehead atoms. The Kier molecular flexibility index (Phi) is 7.30. The average molecular weight is 583 g/mol. The van der Waals surface area contributed by atoms with Crippen LogP contribution in [0.15, 0.2) is 101 Å². The summed E-state index contributed by atoms with van der Waals surface area (Å²) in [4.78, 5) is 41.0. The molecule has 0 saturated carbocycles. The maximum absolute atomic E-state index is 12.9. The number of anilines is 1. The zero-order valence-corrected chi connectivity index (χ0v) is 23.1. The molecule has 4 aromatic carbocycles. The minimum Gasteiger partial charge on any atom is -0.478 e. The van der Waals surface area contributed by atoms with E-state index in [0.29, 0.717) is 22.3 Å². The van der Waals surface area contributed by atoms with Crippen LogP contribution >= 0.6 is 23.4 Å². The summed E-state index contributed by atoms with van der Waals surface area (Å²) in [7, 11) is 0. The number of aliphatic imine (C=N–C) groups is 1. The summed E-state index contributed by atoms with van der Waals surface area (Å²) in [6, 6.07) is 27.6. The number of amides is 2. The number of fused-ring (bicyclic) bond motifs is 1. The predicted octanol–water partition coefficient (Wildman–Crippen LogP) is 6.37. The van der Waals surface area contributed by atoms with Gasteiger partial charge in [-0.3, -0.25) is 9.59 Å². The van der Waals surface area contributed by atoms with Gasteiger partial charge in [0.25, 0.3) is 5.91 Å². The van der Waals surface area contributed by atoms with E-state index in [4.69, 9.17) is 21.8 Å². The van der Waals surface area contributed by atoms with Crippen LogP contribution in [0.5, 0.6) is 0 Å². The Bertz CT molecular complexity index is 1740. The van der Waals surface area contributed by atoms with Crippen molar-refractivity contribution in [1.82, 2.24) is 5.01 Å². The van der Waals surface area contributed by atoms with Gasteiger partial charge in [0.05, 0.1) is 17.3 Å². The molecule has 204 valence electrons. The molecule has 0 fully saturated rings. The van der Waals surface area contributed by atoms with Crippen molar-refractivity contribution in [3.63, 3.8) is 0 Å². The molecule has 4 aromatic rings. The summed E-state index contributed by atoms with van der Waals surface area (Å²) in [5.41, 5.74) is 3.41. The largest absolute Gasteiger partial charge is 0.478 e. The van der Waals surface area contributed by atoms with E-state index in [9.17, 15) is 14.4 Å². The second-order valence-electron chi connectivity index (χ2n) is 9.70. The van der Waals surface area contributed by atoms with Gasteiger partial charge in [0.15, 0.2) is 5.17 Å². The predicted molar refractivity (Wildman–Crippen MR) is 162 cm³/mol. The van der Waals surface area contributed by atoms with Gasteiger partial charge in [0.1, 0.15) is 5.25 Å². The molecule has 2 heterocycles. The van der Waals surface area contributed by atoms with Gasteiger partial charge in [-0.1, -0.05) is 71.9 Å². The Hall–Kier alpha value is -4.47. The second kappa shape index (κ2) is 11.2. The topological polar surface area (TPSA) is 111 Å². The van der Waals surface area contributed by atoms with Crippen LogP contribution in [0, 0.1) is 0 Å². The number of halogens is 1. The van der Waals surface area contributed by atoms with E-state index < -0.39 is 17.1 Å². The molecule has 2 aliphatic rings. The number of carboxylic acids is 1. The Morgan fingerprint density at radius 3 is 2.44 bits per heavy atom. The minimum atomic E-state index is -1.05.